The van der Waals surface area contributed by atoms with Crippen LogP contribution in [0.5, 0.6) is 0 Å². The van der Waals surface area contributed by atoms with Crippen molar-refractivity contribution in [2.24, 2.45) is 7.05 Å². The number of fused-ring (bicyclic) bond motifs is 1. The van der Waals surface area contributed by atoms with Crippen LogP contribution in [0.2, 0.25) is 0 Å². The molecule has 3 rings (SSSR count). The van der Waals surface area contributed by atoms with Crippen LogP contribution in [0.25, 0.3) is 22.2 Å². The lowest BCUT2D eigenvalue weighted by Crippen LogP contribution is -1.90. The molecule has 0 bridgehead atoms. The van der Waals surface area contributed by atoms with Crippen LogP contribution < -0.4 is 0 Å². The zero-order valence-corrected chi connectivity index (χ0v) is 10.0. The summed E-state index contributed by atoms with van der Waals surface area (Å²) < 4.78 is 2.42. The molecule has 0 atom stereocenters. The Morgan fingerprint density at radius 3 is 2.76 bits per heavy atom. The van der Waals surface area contributed by atoms with Crippen molar-refractivity contribution in [3.63, 3.8) is 0 Å². The van der Waals surface area contributed by atoms with Gasteiger partial charge in [-0.1, -0.05) is 42.5 Å². The molecule has 5 heteroatoms. The molecule has 2 aromatic heterocycles. The summed E-state index contributed by atoms with van der Waals surface area (Å²) in [7, 11) is 1.89. The van der Waals surface area contributed by atoms with Crippen LogP contribution in [-0.2, 0) is 7.05 Å². The number of hydrogen-bond donors (Lipinski definition) is 1. The molecular weight excluding hydrogens is 232 g/mol. The van der Waals surface area contributed by atoms with E-state index in [1.54, 1.807) is 10.9 Å². The number of benzene rings is 1. The molecule has 0 saturated heterocycles. The Kier molecular flexibility index (Phi) is 2.26. The summed E-state index contributed by atoms with van der Waals surface area (Å²) >= 11 is 5.28. The lowest BCUT2D eigenvalue weighted by molar-refractivity contribution is 0.797. The van der Waals surface area contributed by atoms with Crippen LogP contribution in [0, 0.1) is 4.64 Å². The first-order valence-electron chi connectivity index (χ1n) is 5.23. The van der Waals surface area contributed by atoms with Gasteiger partial charge in [0.1, 0.15) is 10.3 Å². The fourth-order valence-corrected chi connectivity index (χ4v) is 2.17. The molecular formula is C12H10N4S. The minimum atomic E-state index is 0.620. The molecule has 0 saturated carbocycles. The minimum absolute atomic E-state index is 0.620. The Labute approximate surface area is 103 Å². The highest BCUT2D eigenvalue weighted by Gasteiger charge is 2.11. The molecule has 0 aliphatic carbocycles. The maximum atomic E-state index is 5.28. The molecule has 4 nitrogen and oxygen atoms in total. The van der Waals surface area contributed by atoms with Gasteiger partial charge in [0.15, 0.2) is 0 Å². The number of rotatable bonds is 1. The largest absolute Gasteiger partial charge is 0.267 e. The monoisotopic (exact) mass is 242 g/mol. The number of nitrogens with one attached hydrogen (secondary N) is 1. The van der Waals surface area contributed by atoms with E-state index in [9.17, 15) is 0 Å². The zero-order valence-electron chi connectivity index (χ0n) is 9.21. The Bertz CT molecular complexity index is 727. The number of nitrogens with zero attached hydrogens (tertiary/aromatic N) is 3. The van der Waals surface area contributed by atoms with Crippen LogP contribution in [-0.4, -0.2) is 20.0 Å². The van der Waals surface area contributed by atoms with E-state index in [0.29, 0.717) is 4.64 Å². The third kappa shape index (κ3) is 1.55. The minimum Gasteiger partial charge on any atom is -0.267 e. The SMILES string of the molecule is Cn1nc(-c2ccccc2)c2c(=S)[nH]ncc21. The lowest BCUT2D eigenvalue weighted by atomic mass is 10.1. The van der Waals surface area contributed by atoms with Crippen molar-refractivity contribution in [1.29, 1.82) is 0 Å². The maximum Gasteiger partial charge on any atom is 0.131 e. The van der Waals surface area contributed by atoms with E-state index >= 15 is 0 Å². The average molecular weight is 242 g/mol. The van der Waals surface area contributed by atoms with Crippen molar-refractivity contribution in [3.8, 4) is 11.3 Å². The van der Waals surface area contributed by atoms with Gasteiger partial charge < -0.3 is 0 Å². The van der Waals surface area contributed by atoms with E-state index in [1.807, 2.05) is 37.4 Å². The van der Waals surface area contributed by atoms with Gasteiger partial charge in [-0.3, -0.25) is 9.78 Å². The van der Waals surface area contributed by atoms with Crippen molar-refractivity contribution >= 4 is 23.1 Å². The standard InChI is InChI=1S/C12H10N4S/c1-16-9-7-13-14-12(17)10(9)11(15-16)8-5-3-2-4-6-8/h2-7H,1H3,(H,14,17). The predicted octanol–water partition coefficient (Wildman–Crippen LogP) is 2.69. The molecule has 0 aliphatic heterocycles. The Morgan fingerprint density at radius 1 is 1.24 bits per heavy atom. The van der Waals surface area contributed by atoms with Crippen LogP contribution >= 0.6 is 12.2 Å². The summed E-state index contributed by atoms with van der Waals surface area (Å²) in [5.74, 6) is 0. The summed E-state index contributed by atoms with van der Waals surface area (Å²) in [6.07, 6.45) is 1.74. The van der Waals surface area contributed by atoms with E-state index in [2.05, 4.69) is 15.3 Å². The van der Waals surface area contributed by atoms with Crippen molar-refractivity contribution in [3.05, 3.63) is 41.2 Å². The fourth-order valence-electron chi connectivity index (χ4n) is 1.91. The number of hydrogen-bond acceptors (Lipinski definition) is 3. The second-order valence-electron chi connectivity index (χ2n) is 3.80. The molecule has 0 radical (unpaired) electrons. The van der Waals surface area contributed by atoms with Gasteiger partial charge in [-0.2, -0.15) is 10.2 Å². The van der Waals surface area contributed by atoms with Crippen LogP contribution in [0.1, 0.15) is 0 Å². The Balaban J connectivity index is 2.43. The van der Waals surface area contributed by atoms with E-state index in [-0.39, 0.29) is 0 Å². The number of aryl methyl sites for hydroxylation is 1. The molecule has 2 heterocycles. The third-order valence-corrected chi connectivity index (χ3v) is 3.01. The summed E-state index contributed by atoms with van der Waals surface area (Å²) in [6, 6.07) is 10.0. The number of aromatic amines is 1. The van der Waals surface area contributed by atoms with Crippen molar-refractivity contribution < 1.29 is 0 Å². The quantitative estimate of drug-likeness (QED) is 0.667. The summed E-state index contributed by atoms with van der Waals surface area (Å²) in [5, 5.41) is 12.3. The highest BCUT2D eigenvalue weighted by Crippen LogP contribution is 2.26. The summed E-state index contributed by atoms with van der Waals surface area (Å²) in [4.78, 5) is 0. The second-order valence-corrected chi connectivity index (χ2v) is 4.21. The van der Waals surface area contributed by atoms with Crippen LogP contribution in [0.4, 0.5) is 0 Å². The average Bonchev–Trinajstić information content (AvgIpc) is 2.70. The van der Waals surface area contributed by atoms with Gasteiger partial charge in [0, 0.05) is 12.6 Å². The topological polar surface area (TPSA) is 46.5 Å². The van der Waals surface area contributed by atoms with Gasteiger partial charge in [-0.25, -0.2) is 0 Å². The van der Waals surface area contributed by atoms with E-state index in [0.717, 1.165) is 22.2 Å². The normalized spacial score (nSPS) is 10.9. The molecule has 0 fully saturated rings. The lowest BCUT2D eigenvalue weighted by Gasteiger charge is -1.96. The summed E-state index contributed by atoms with van der Waals surface area (Å²) in [6.45, 7) is 0. The van der Waals surface area contributed by atoms with Gasteiger partial charge in [-0.05, 0) is 0 Å². The predicted molar refractivity (Wildman–Crippen MR) is 69.1 cm³/mol. The highest BCUT2D eigenvalue weighted by atomic mass is 32.1. The number of H-pyrrole nitrogens is 1. The first-order valence-corrected chi connectivity index (χ1v) is 5.64. The van der Waals surface area contributed by atoms with E-state index in [4.69, 9.17) is 12.2 Å². The second kappa shape index (κ2) is 3.78. The molecule has 3 aromatic rings. The van der Waals surface area contributed by atoms with E-state index in [1.165, 1.54) is 0 Å². The van der Waals surface area contributed by atoms with Gasteiger partial charge in [-0.15, -0.1) is 0 Å². The van der Waals surface area contributed by atoms with Gasteiger partial charge in [0.2, 0.25) is 0 Å². The van der Waals surface area contributed by atoms with E-state index < -0.39 is 0 Å². The Morgan fingerprint density at radius 2 is 2.00 bits per heavy atom. The zero-order chi connectivity index (χ0) is 11.8. The van der Waals surface area contributed by atoms with Crippen LogP contribution in [0.15, 0.2) is 36.5 Å². The van der Waals surface area contributed by atoms with Crippen molar-refractivity contribution in [1.82, 2.24) is 20.0 Å². The Hall–Kier alpha value is -2.01. The first kappa shape index (κ1) is 10.2. The van der Waals surface area contributed by atoms with Crippen molar-refractivity contribution in [2.75, 3.05) is 0 Å². The highest BCUT2D eigenvalue weighted by molar-refractivity contribution is 7.71. The fraction of sp³-hybridized carbons (Fsp3) is 0.0833. The molecule has 1 aromatic carbocycles. The number of aromatic nitrogens is 4. The molecule has 0 aliphatic rings. The van der Waals surface area contributed by atoms with Gasteiger partial charge in [0.25, 0.3) is 0 Å². The first-order chi connectivity index (χ1) is 8.27. The molecule has 84 valence electrons. The molecule has 0 amide bonds. The third-order valence-electron chi connectivity index (χ3n) is 2.72. The van der Waals surface area contributed by atoms with Crippen molar-refractivity contribution in [2.45, 2.75) is 0 Å². The van der Waals surface area contributed by atoms with Gasteiger partial charge in [0.05, 0.1) is 17.1 Å². The molecule has 1 N–H and O–H groups in total. The maximum absolute atomic E-state index is 5.28. The van der Waals surface area contributed by atoms with Gasteiger partial charge >= 0.3 is 0 Å². The molecule has 17 heavy (non-hydrogen) atoms. The van der Waals surface area contributed by atoms with Crippen LogP contribution in [0.3, 0.4) is 0 Å². The molecule has 0 unspecified atom stereocenters. The summed E-state index contributed by atoms with van der Waals surface area (Å²) in [5.41, 5.74) is 2.89. The smallest absolute Gasteiger partial charge is 0.131 e. The molecule has 0 spiro atoms.